The van der Waals surface area contributed by atoms with E-state index in [1.807, 2.05) is 49.4 Å². The molecule has 3 amide bonds. The van der Waals surface area contributed by atoms with E-state index in [2.05, 4.69) is 13.2 Å². The van der Waals surface area contributed by atoms with Crippen molar-refractivity contribution in [1.29, 1.82) is 0 Å². The van der Waals surface area contributed by atoms with Crippen LogP contribution in [0.25, 0.3) is 10.8 Å². The molecule has 1 spiro atoms. The second-order valence-corrected chi connectivity index (χ2v) is 12.8. The fraction of sp³-hybridized carbons (Fsp3) is 0.469. The Morgan fingerprint density at radius 3 is 2.55 bits per heavy atom. The van der Waals surface area contributed by atoms with Crippen LogP contribution in [-0.2, 0) is 14.4 Å². The Hall–Kier alpha value is -3.10. The summed E-state index contributed by atoms with van der Waals surface area (Å²) in [7, 11) is 0. The number of rotatable bonds is 11. The number of hydrogen-bond acceptors (Lipinski definition) is 5. The topological polar surface area (TPSA) is 81.2 Å². The van der Waals surface area contributed by atoms with E-state index < -0.39 is 28.7 Å². The van der Waals surface area contributed by atoms with Crippen LogP contribution in [-0.4, -0.2) is 80.9 Å². The molecule has 2 unspecified atom stereocenters. The Labute approximate surface area is 240 Å². The number of carbonyl (C=O) groups excluding carboxylic acids is 3. The van der Waals surface area contributed by atoms with Gasteiger partial charge in [-0.05, 0) is 49.1 Å². The molecule has 0 radical (unpaired) electrons. The summed E-state index contributed by atoms with van der Waals surface area (Å²) >= 11 is 1.65. The Morgan fingerprint density at radius 1 is 1.15 bits per heavy atom. The summed E-state index contributed by atoms with van der Waals surface area (Å²) in [6.45, 7) is 12.6. The smallest absolute Gasteiger partial charge is 0.251 e. The average molecular weight is 562 g/mol. The number of aliphatic hydroxyl groups excluding tert-OH is 1. The number of benzene rings is 2. The van der Waals surface area contributed by atoms with Gasteiger partial charge in [-0.25, -0.2) is 0 Å². The molecule has 5 rings (SSSR count). The van der Waals surface area contributed by atoms with Crippen molar-refractivity contribution in [1.82, 2.24) is 9.80 Å². The molecule has 40 heavy (non-hydrogen) atoms. The molecule has 3 fully saturated rings. The van der Waals surface area contributed by atoms with Crippen LogP contribution in [0.15, 0.2) is 67.8 Å². The lowest BCUT2D eigenvalue weighted by Gasteiger charge is -2.39. The van der Waals surface area contributed by atoms with Crippen LogP contribution in [0.2, 0.25) is 0 Å². The molecule has 0 saturated carbocycles. The summed E-state index contributed by atoms with van der Waals surface area (Å²) in [6, 6.07) is 12.6. The molecule has 0 aromatic heterocycles. The number of aliphatic hydroxyl groups is 1. The Morgan fingerprint density at radius 2 is 1.88 bits per heavy atom. The van der Waals surface area contributed by atoms with Gasteiger partial charge in [0.15, 0.2) is 0 Å². The minimum absolute atomic E-state index is 0.0129. The zero-order valence-electron chi connectivity index (χ0n) is 23.4. The zero-order chi connectivity index (χ0) is 28.6. The number of nitrogens with zero attached hydrogens (tertiary/aromatic N) is 3. The van der Waals surface area contributed by atoms with E-state index in [0.29, 0.717) is 19.5 Å². The van der Waals surface area contributed by atoms with Crippen LogP contribution in [0.5, 0.6) is 0 Å². The molecule has 1 N–H and O–H groups in total. The monoisotopic (exact) mass is 561 g/mol. The number of carbonyl (C=O) groups is 3. The van der Waals surface area contributed by atoms with Crippen molar-refractivity contribution in [3.05, 3.63) is 67.8 Å². The summed E-state index contributed by atoms with van der Waals surface area (Å²) in [5.74, 6) is -1.50. The van der Waals surface area contributed by atoms with Crippen LogP contribution in [0.3, 0.4) is 0 Å². The second kappa shape index (κ2) is 11.4. The van der Waals surface area contributed by atoms with Crippen molar-refractivity contribution >= 4 is 45.9 Å². The van der Waals surface area contributed by atoms with E-state index in [4.69, 9.17) is 0 Å². The predicted molar refractivity (Wildman–Crippen MR) is 161 cm³/mol. The van der Waals surface area contributed by atoms with Gasteiger partial charge in [-0.2, -0.15) is 0 Å². The van der Waals surface area contributed by atoms with Crippen LogP contribution < -0.4 is 4.90 Å². The van der Waals surface area contributed by atoms with Crippen LogP contribution in [0, 0.1) is 11.8 Å². The standard InChI is InChI=1S/C32H39N3O4S/c1-5-16-33(17-6-2)29(37)26-25-14-15-32(40-25)27(26)30(38)35(21(4)20-36)28(32)31(39)34(18-7-3)24-13-12-22-10-8-9-11-23(22)19-24/h5,7-13,19,21,25-28,36H,1,3,6,14-18,20H2,2,4H3/t21-,25+,26-,27+,28?,32?/m1/s1. The highest BCUT2D eigenvalue weighted by atomic mass is 32.2. The Balaban J connectivity index is 1.57. The third kappa shape index (κ3) is 4.45. The molecule has 3 saturated heterocycles. The third-order valence-electron chi connectivity index (χ3n) is 8.77. The number of fused-ring (bicyclic) bond motifs is 2. The van der Waals surface area contributed by atoms with Gasteiger partial charge in [0.1, 0.15) is 6.04 Å². The van der Waals surface area contributed by atoms with Gasteiger partial charge in [-0.3, -0.25) is 14.4 Å². The molecular formula is C32H39N3O4S. The molecule has 2 aromatic rings. The highest BCUT2D eigenvalue weighted by Crippen LogP contribution is 2.67. The van der Waals surface area contributed by atoms with Gasteiger partial charge in [-0.1, -0.05) is 49.4 Å². The van der Waals surface area contributed by atoms with E-state index in [1.165, 1.54) is 0 Å². The summed E-state index contributed by atoms with van der Waals surface area (Å²) in [6.07, 6.45) is 5.69. The molecule has 7 nitrogen and oxygen atoms in total. The average Bonchev–Trinajstić information content (AvgIpc) is 3.61. The maximum Gasteiger partial charge on any atom is 0.251 e. The van der Waals surface area contributed by atoms with Gasteiger partial charge in [0.25, 0.3) is 5.91 Å². The fourth-order valence-corrected chi connectivity index (χ4v) is 9.28. The minimum atomic E-state index is -0.787. The van der Waals surface area contributed by atoms with Gasteiger partial charge >= 0.3 is 0 Å². The maximum absolute atomic E-state index is 14.7. The van der Waals surface area contributed by atoms with Crippen molar-refractivity contribution in [3.8, 4) is 0 Å². The molecule has 212 valence electrons. The maximum atomic E-state index is 14.7. The minimum Gasteiger partial charge on any atom is -0.394 e. The molecule has 3 aliphatic heterocycles. The zero-order valence-corrected chi connectivity index (χ0v) is 24.2. The van der Waals surface area contributed by atoms with Crippen LogP contribution in [0.4, 0.5) is 5.69 Å². The number of amides is 3. The van der Waals surface area contributed by atoms with Gasteiger partial charge in [-0.15, -0.1) is 24.9 Å². The number of anilines is 1. The normalized spacial score (nSPS) is 27.5. The first-order valence-corrected chi connectivity index (χ1v) is 15.1. The van der Waals surface area contributed by atoms with E-state index in [1.54, 1.807) is 45.5 Å². The number of likely N-dealkylation sites (tertiary alicyclic amines) is 1. The molecule has 8 heteroatoms. The van der Waals surface area contributed by atoms with Crippen LogP contribution in [0.1, 0.15) is 33.1 Å². The lowest BCUT2D eigenvalue weighted by molar-refractivity contribution is -0.145. The Kier molecular flexibility index (Phi) is 8.11. The lowest BCUT2D eigenvalue weighted by atomic mass is 9.70. The van der Waals surface area contributed by atoms with E-state index in [-0.39, 0.29) is 36.1 Å². The van der Waals surface area contributed by atoms with Crippen LogP contribution >= 0.6 is 11.8 Å². The summed E-state index contributed by atoms with van der Waals surface area (Å²) in [5.41, 5.74) is 0.734. The lowest BCUT2D eigenvalue weighted by Crippen LogP contribution is -2.57. The van der Waals surface area contributed by atoms with Crippen molar-refractivity contribution in [2.45, 2.75) is 55.2 Å². The molecule has 6 atom stereocenters. The molecule has 0 aliphatic carbocycles. The third-order valence-corrected chi connectivity index (χ3v) is 10.7. The SMILES string of the molecule is C=CCN(CCC)C(=O)[C@@H]1[C@@H]2CCC3(S2)C(C(=O)N(CC=C)c2ccc4ccccc4c2)N([C@H](C)CO)C(=O)[C@H]13. The fourth-order valence-electron chi connectivity index (χ4n) is 7.09. The largest absolute Gasteiger partial charge is 0.394 e. The summed E-state index contributed by atoms with van der Waals surface area (Å²) in [5, 5.41) is 12.3. The number of hydrogen-bond donors (Lipinski definition) is 1. The second-order valence-electron chi connectivity index (χ2n) is 11.2. The molecule has 2 bridgehead atoms. The summed E-state index contributed by atoms with van der Waals surface area (Å²) < 4.78 is -0.717. The van der Waals surface area contributed by atoms with Crippen molar-refractivity contribution in [2.75, 3.05) is 31.1 Å². The quantitative estimate of drug-likeness (QED) is 0.415. The van der Waals surface area contributed by atoms with E-state index in [9.17, 15) is 19.5 Å². The first-order valence-electron chi connectivity index (χ1n) is 14.2. The van der Waals surface area contributed by atoms with Crippen molar-refractivity contribution in [3.63, 3.8) is 0 Å². The van der Waals surface area contributed by atoms with Gasteiger partial charge in [0, 0.05) is 30.6 Å². The predicted octanol–water partition coefficient (Wildman–Crippen LogP) is 4.26. The van der Waals surface area contributed by atoms with E-state index >= 15 is 0 Å². The van der Waals surface area contributed by atoms with Crippen molar-refractivity contribution < 1.29 is 19.5 Å². The molecule has 2 aromatic carbocycles. The molecule has 3 heterocycles. The van der Waals surface area contributed by atoms with E-state index in [0.717, 1.165) is 29.3 Å². The summed E-state index contributed by atoms with van der Waals surface area (Å²) in [4.78, 5) is 48.0. The van der Waals surface area contributed by atoms with Crippen molar-refractivity contribution in [2.24, 2.45) is 11.8 Å². The Bertz CT molecular complexity index is 1330. The molecular weight excluding hydrogens is 522 g/mol. The number of thioether (sulfide) groups is 1. The van der Waals surface area contributed by atoms with Gasteiger partial charge in [0.05, 0.1) is 29.2 Å². The highest BCUT2D eigenvalue weighted by Gasteiger charge is 2.74. The first-order chi connectivity index (χ1) is 19.3. The molecule has 3 aliphatic rings. The van der Waals surface area contributed by atoms with Gasteiger partial charge < -0.3 is 19.8 Å². The highest BCUT2D eigenvalue weighted by molar-refractivity contribution is 8.02. The first kappa shape index (κ1) is 28.4. The van der Waals surface area contributed by atoms with Gasteiger partial charge in [0.2, 0.25) is 11.8 Å².